The molecule has 0 aliphatic heterocycles. The lowest BCUT2D eigenvalue weighted by atomic mass is 10.2. The van der Waals surface area contributed by atoms with Gasteiger partial charge in [-0.2, -0.15) is 0 Å². The van der Waals surface area contributed by atoms with Gasteiger partial charge >= 0.3 is 0 Å². The zero-order valence-corrected chi connectivity index (χ0v) is 19.1. The summed E-state index contributed by atoms with van der Waals surface area (Å²) in [4.78, 5) is 17.0. The molecule has 0 unspecified atom stereocenters. The number of hydrogen-bond donors (Lipinski definition) is 1. The van der Waals surface area contributed by atoms with Crippen LogP contribution in [0, 0.1) is 12.7 Å². The van der Waals surface area contributed by atoms with Crippen LogP contribution in [-0.4, -0.2) is 28.6 Å². The Morgan fingerprint density at radius 2 is 1.91 bits per heavy atom. The number of halogens is 2. The number of aryl methyl sites for hydroxylation is 2. The molecule has 170 valence electrons. The van der Waals surface area contributed by atoms with Gasteiger partial charge in [0, 0.05) is 23.6 Å². The average Bonchev–Trinajstić information content (AvgIpc) is 3.17. The molecule has 0 bridgehead atoms. The molecule has 0 atom stereocenters. The van der Waals surface area contributed by atoms with Gasteiger partial charge < -0.3 is 14.6 Å². The van der Waals surface area contributed by atoms with E-state index >= 15 is 0 Å². The Kier molecular flexibility index (Phi) is 7.25. The zero-order valence-electron chi connectivity index (χ0n) is 18.4. The summed E-state index contributed by atoms with van der Waals surface area (Å²) in [7, 11) is 0. The van der Waals surface area contributed by atoms with Gasteiger partial charge in [0.05, 0.1) is 17.6 Å². The van der Waals surface area contributed by atoms with E-state index in [2.05, 4.69) is 16.0 Å². The molecular formula is C26H25ClFN3O2. The Morgan fingerprint density at radius 1 is 1.12 bits per heavy atom. The number of amides is 1. The number of carbonyl (C=O) groups excluding carboxylic acids is 1. The molecule has 5 nitrogen and oxygen atoms in total. The van der Waals surface area contributed by atoms with Crippen molar-refractivity contribution >= 4 is 28.5 Å². The lowest BCUT2D eigenvalue weighted by molar-refractivity contribution is 0.0953. The third kappa shape index (κ3) is 5.71. The molecule has 0 saturated heterocycles. The fourth-order valence-corrected chi connectivity index (χ4v) is 3.80. The molecule has 33 heavy (non-hydrogen) atoms. The minimum atomic E-state index is -0.361. The summed E-state index contributed by atoms with van der Waals surface area (Å²) in [5.41, 5.74) is 3.41. The highest BCUT2D eigenvalue weighted by Gasteiger charge is 2.11. The van der Waals surface area contributed by atoms with Crippen molar-refractivity contribution in [1.29, 1.82) is 0 Å². The smallest absolute Gasteiger partial charge is 0.251 e. The third-order valence-corrected chi connectivity index (χ3v) is 5.84. The molecule has 1 amide bonds. The predicted molar refractivity (Wildman–Crippen MR) is 128 cm³/mol. The van der Waals surface area contributed by atoms with E-state index < -0.39 is 0 Å². The standard InChI is InChI=1S/C26H25ClFN3O2/c1-18-17-21(12-13-22(18)27)33-16-15-31-24-6-3-2-5-23(24)30-25(31)7-4-14-29-26(32)19-8-10-20(28)11-9-19/h2-3,5-6,8-13,17H,4,7,14-16H2,1H3,(H,29,32). The van der Waals surface area contributed by atoms with E-state index in [9.17, 15) is 9.18 Å². The fraction of sp³-hybridized carbons (Fsp3) is 0.231. The first-order chi connectivity index (χ1) is 16.0. The molecule has 0 aliphatic carbocycles. The Bertz CT molecular complexity index is 1250. The fourth-order valence-electron chi connectivity index (χ4n) is 3.68. The maximum Gasteiger partial charge on any atom is 0.251 e. The van der Waals surface area contributed by atoms with Gasteiger partial charge in [-0.3, -0.25) is 4.79 Å². The van der Waals surface area contributed by atoms with Crippen molar-refractivity contribution in [3.8, 4) is 5.75 Å². The minimum Gasteiger partial charge on any atom is -0.492 e. The highest BCUT2D eigenvalue weighted by atomic mass is 35.5. The van der Waals surface area contributed by atoms with Crippen LogP contribution in [0.4, 0.5) is 4.39 Å². The summed E-state index contributed by atoms with van der Waals surface area (Å²) in [6, 6.07) is 19.2. The molecule has 4 aromatic rings. The number of para-hydroxylation sites is 2. The van der Waals surface area contributed by atoms with Crippen LogP contribution in [0.5, 0.6) is 5.75 Å². The van der Waals surface area contributed by atoms with Crippen LogP contribution in [0.15, 0.2) is 66.7 Å². The Morgan fingerprint density at radius 3 is 2.70 bits per heavy atom. The van der Waals surface area contributed by atoms with Crippen LogP contribution in [0.1, 0.15) is 28.2 Å². The highest BCUT2D eigenvalue weighted by molar-refractivity contribution is 6.31. The predicted octanol–water partition coefficient (Wildman–Crippen LogP) is 5.58. The molecule has 1 aromatic heterocycles. The summed E-state index contributed by atoms with van der Waals surface area (Å²) in [6.07, 6.45) is 1.44. The van der Waals surface area contributed by atoms with Crippen LogP contribution < -0.4 is 10.1 Å². The number of rotatable bonds is 9. The zero-order chi connectivity index (χ0) is 23.2. The second kappa shape index (κ2) is 10.5. The number of fused-ring (bicyclic) bond motifs is 1. The maximum absolute atomic E-state index is 13.0. The van der Waals surface area contributed by atoms with Gasteiger partial charge in [0.2, 0.25) is 0 Å². The van der Waals surface area contributed by atoms with Crippen molar-refractivity contribution < 1.29 is 13.9 Å². The van der Waals surface area contributed by atoms with E-state index in [0.29, 0.717) is 31.7 Å². The number of ether oxygens (including phenoxy) is 1. The Hall–Kier alpha value is -3.38. The number of aromatic nitrogens is 2. The topological polar surface area (TPSA) is 56.1 Å². The average molecular weight is 466 g/mol. The van der Waals surface area contributed by atoms with E-state index in [1.54, 1.807) is 0 Å². The summed E-state index contributed by atoms with van der Waals surface area (Å²) in [5, 5.41) is 3.60. The van der Waals surface area contributed by atoms with Crippen LogP contribution in [0.3, 0.4) is 0 Å². The quantitative estimate of drug-likeness (QED) is 0.328. The van der Waals surface area contributed by atoms with Gasteiger partial charge in [0.25, 0.3) is 5.91 Å². The van der Waals surface area contributed by atoms with Crippen LogP contribution >= 0.6 is 11.6 Å². The molecule has 4 rings (SSSR count). The summed E-state index contributed by atoms with van der Waals surface area (Å²) >= 11 is 6.09. The molecular weight excluding hydrogens is 441 g/mol. The SMILES string of the molecule is Cc1cc(OCCn2c(CCCNC(=O)c3ccc(F)cc3)nc3ccccc32)ccc1Cl. The lowest BCUT2D eigenvalue weighted by Crippen LogP contribution is -2.25. The first-order valence-electron chi connectivity index (χ1n) is 10.9. The monoisotopic (exact) mass is 465 g/mol. The number of benzene rings is 3. The van der Waals surface area contributed by atoms with Crippen molar-refractivity contribution in [2.45, 2.75) is 26.3 Å². The van der Waals surface area contributed by atoms with Crippen LogP contribution in [-0.2, 0) is 13.0 Å². The number of nitrogens with one attached hydrogen (secondary N) is 1. The number of imidazole rings is 1. The van der Waals surface area contributed by atoms with Gasteiger partial charge in [-0.1, -0.05) is 23.7 Å². The first kappa shape index (κ1) is 22.8. The van der Waals surface area contributed by atoms with Gasteiger partial charge in [0.1, 0.15) is 24.0 Å². The van der Waals surface area contributed by atoms with Crippen molar-refractivity contribution in [2.24, 2.45) is 0 Å². The molecule has 0 fully saturated rings. The molecule has 0 spiro atoms. The van der Waals surface area contributed by atoms with Crippen molar-refractivity contribution in [1.82, 2.24) is 14.9 Å². The highest BCUT2D eigenvalue weighted by Crippen LogP contribution is 2.22. The van der Waals surface area contributed by atoms with Gasteiger partial charge in [-0.25, -0.2) is 9.37 Å². The molecule has 1 heterocycles. The largest absolute Gasteiger partial charge is 0.492 e. The number of carbonyl (C=O) groups is 1. The van der Waals surface area contributed by atoms with E-state index in [4.69, 9.17) is 21.3 Å². The van der Waals surface area contributed by atoms with Gasteiger partial charge in [0.15, 0.2) is 0 Å². The van der Waals surface area contributed by atoms with E-state index in [1.807, 2.05) is 43.3 Å². The van der Waals surface area contributed by atoms with Crippen LogP contribution in [0.25, 0.3) is 11.0 Å². The van der Waals surface area contributed by atoms with E-state index in [0.717, 1.165) is 39.6 Å². The Labute approximate surface area is 197 Å². The van der Waals surface area contributed by atoms with Gasteiger partial charge in [-0.15, -0.1) is 0 Å². The Balaban J connectivity index is 1.36. The minimum absolute atomic E-state index is 0.213. The molecule has 0 saturated carbocycles. The van der Waals surface area contributed by atoms with E-state index in [-0.39, 0.29) is 11.7 Å². The maximum atomic E-state index is 13.0. The van der Waals surface area contributed by atoms with E-state index in [1.165, 1.54) is 24.3 Å². The van der Waals surface area contributed by atoms with Crippen LogP contribution in [0.2, 0.25) is 5.02 Å². The number of nitrogens with zero attached hydrogens (tertiary/aromatic N) is 2. The second-order valence-corrected chi connectivity index (χ2v) is 8.20. The molecule has 0 radical (unpaired) electrons. The summed E-state index contributed by atoms with van der Waals surface area (Å²) in [5.74, 6) is 1.16. The van der Waals surface area contributed by atoms with Crippen molar-refractivity contribution in [2.75, 3.05) is 13.2 Å². The van der Waals surface area contributed by atoms with Gasteiger partial charge in [-0.05, 0) is 73.5 Å². The molecule has 7 heteroatoms. The first-order valence-corrected chi connectivity index (χ1v) is 11.3. The normalized spacial score (nSPS) is 11.0. The molecule has 1 N–H and O–H groups in total. The molecule has 0 aliphatic rings. The summed E-state index contributed by atoms with van der Waals surface area (Å²) in [6.45, 7) is 3.60. The second-order valence-electron chi connectivity index (χ2n) is 7.79. The number of hydrogen-bond acceptors (Lipinski definition) is 3. The van der Waals surface area contributed by atoms with Crippen molar-refractivity contribution in [3.63, 3.8) is 0 Å². The molecule has 3 aromatic carbocycles. The summed E-state index contributed by atoms with van der Waals surface area (Å²) < 4.78 is 21.1. The third-order valence-electron chi connectivity index (χ3n) is 5.42. The van der Waals surface area contributed by atoms with Crippen molar-refractivity contribution in [3.05, 3.63) is 94.5 Å². The lowest BCUT2D eigenvalue weighted by Gasteiger charge is -2.12.